The Morgan fingerprint density at radius 2 is 1.60 bits per heavy atom. The second-order valence-electron chi connectivity index (χ2n) is 1.59. The summed E-state index contributed by atoms with van der Waals surface area (Å²) >= 11 is 0. The van der Waals surface area contributed by atoms with E-state index in [1.165, 1.54) is 0 Å². The highest BCUT2D eigenvalue weighted by Gasteiger charge is 1.86. The second-order valence-corrected chi connectivity index (χ2v) is 1.59. The summed E-state index contributed by atoms with van der Waals surface area (Å²) in [6.45, 7) is 6.33. The molecule has 0 fully saturated rings. The van der Waals surface area contributed by atoms with E-state index in [4.69, 9.17) is 0 Å². The Labute approximate surface area is 75.5 Å². The number of aliphatic imine (C=N–C) groups is 1. The van der Waals surface area contributed by atoms with Gasteiger partial charge in [-0.1, -0.05) is 0 Å². The molecule has 0 aromatic carbocycles. The predicted molar refractivity (Wildman–Crippen MR) is 51.8 cm³/mol. The lowest BCUT2D eigenvalue weighted by Crippen LogP contribution is -2.20. The normalized spacial score (nSPS) is 8.30. The molecule has 0 heterocycles. The van der Waals surface area contributed by atoms with Gasteiger partial charge in [-0.05, 0) is 13.8 Å². The van der Waals surface area contributed by atoms with Crippen LogP contribution < -0.4 is 0 Å². The van der Waals surface area contributed by atoms with Crippen molar-refractivity contribution in [3.63, 3.8) is 0 Å². The van der Waals surface area contributed by atoms with Crippen LogP contribution >= 0.6 is 24.8 Å². The van der Waals surface area contributed by atoms with Crippen LogP contribution in [0.25, 0.3) is 0 Å². The molecule has 0 saturated carbocycles. The molecule has 0 atom stereocenters. The van der Waals surface area contributed by atoms with Crippen molar-refractivity contribution in [3.8, 4) is 0 Å². The molecule has 0 spiro atoms. The zero-order valence-electron chi connectivity index (χ0n) is 6.70. The molecular formula is C6H16Cl2N2. The summed E-state index contributed by atoms with van der Waals surface area (Å²) in [5.41, 5.74) is 0. The minimum atomic E-state index is 0. The van der Waals surface area contributed by atoms with E-state index < -0.39 is 0 Å². The molecular weight excluding hydrogens is 171 g/mol. The Morgan fingerprint density at radius 3 is 1.70 bits per heavy atom. The van der Waals surface area contributed by atoms with Gasteiger partial charge in [-0.25, -0.2) is 0 Å². The highest BCUT2D eigenvalue weighted by atomic mass is 35.5. The lowest BCUT2D eigenvalue weighted by atomic mass is 10.6. The molecule has 0 N–H and O–H groups in total. The molecule has 0 aliphatic heterocycles. The largest absolute Gasteiger partial charge is 0.364 e. The Morgan fingerprint density at radius 1 is 1.20 bits per heavy atom. The molecule has 0 aromatic heterocycles. The first-order valence-electron chi connectivity index (χ1n) is 3.01. The van der Waals surface area contributed by atoms with Gasteiger partial charge in [0.2, 0.25) is 0 Å². The number of nitrogens with zero attached hydrogens (tertiary/aromatic N) is 2. The molecule has 0 bridgehead atoms. The first kappa shape index (κ1) is 16.6. The lowest BCUT2D eigenvalue weighted by Gasteiger charge is -2.12. The molecule has 2 nitrogen and oxygen atoms in total. The SMILES string of the molecule is CCN(C=NC)CC.Cl.Cl. The van der Waals surface area contributed by atoms with Crippen LogP contribution in [0.3, 0.4) is 0 Å². The van der Waals surface area contributed by atoms with Crippen LogP contribution in [0.15, 0.2) is 4.99 Å². The molecule has 0 aromatic rings. The molecule has 0 aliphatic rings. The molecule has 0 unspecified atom stereocenters. The molecule has 0 aliphatic carbocycles. The van der Waals surface area contributed by atoms with E-state index >= 15 is 0 Å². The summed E-state index contributed by atoms with van der Waals surface area (Å²) in [6, 6.07) is 0. The van der Waals surface area contributed by atoms with E-state index in [0.29, 0.717) is 0 Å². The summed E-state index contributed by atoms with van der Waals surface area (Å²) in [4.78, 5) is 6.02. The second kappa shape index (κ2) is 11.8. The minimum Gasteiger partial charge on any atom is -0.364 e. The summed E-state index contributed by atoms with van der Waals surface area (Å²) in [7, 11) is 1.79. The fraction of sp³-hybridized carbons (Fsp3) is 0.833. The van der Waals surface area contributed by atoms with E-state index in [1.807, 2.05) is 6.34 Å². The topological polar surface area (TPSA) is 15.6 Å². The smallest absolute Gasteiger partial charge is 0.0846 e. The molecule has 0 saturated heterocycles. The molecule has 4 heteroatoms. The van der Waals surface area contributed by atoms with Gasteiger partial charge in [0.15, 0.2) is 0 Å². The quantitative estimate of drug-likeness (QED) is 0.486. The monoisotopic (exact) mass is 186 g/mol. The summed E-state index contributed by atoms with van der Waals surface area (Å²) in [5.74, 6) is 0. The maximum atomic E-state index is 3.88. The van der Waals surface area contributed by atoms with Crippen LogP contribution in [0.5, 0.6) is 0 Å². The van der Waals surface area contributed by atoms with Gasteiger partial charge in [-0.3, -0.25) is 4.99 Å². The van der Waals surface area contributed by atoms with Gasteiger partial charge in [0.1, 0.15) is 0 Å². The average Bonchev–Trinajstić information content (AvgIpc) is 1.83. The van der Waals surface area contributed by atoms with Gasteiger partial charge >= 0.3 is 0 Å². The van der Waals surface area contributed by atoms with E-state index in [0.717, 1.165) is 13.1 Å². The van der Waals surface area contributed by atoms with Gasteiger partial charge in [-0.15, -0.1) is 24.8 Å². The van der Waals surface area contributed by atoms with E-state index in [1.54, 1.807) is 7.05 Å². The molecule has 10 heavy (non-hydrogen) atoms. The van der Waals surface area contributed by atoms with Crippen molar-refractivity contribution in [2.45, 2.75) is 13.8 Å². The van der Waals surface area contributed by atoms with Crippen molar-refractivity contribution >= 4 is 31.2 Å². The third-order valence-corrected chi connectivity index (χ3v) is 1.09. The zero-order valence-corrected chi connectivity index (χ0v) is 8.34. The van der Waals surface area contributed by atoms with Crippen molar-refractivity contribution < 1.29 is 0 Å². The van der Waals surface area contributed by atoms with Crippen molar-refractivity contribution in [2.75, 3.05) is 20.1 Å². The molecule has 64 valence electrons. The first-order chi connectivity index (χ1) is 3.85. The predicted octanol–water partition coefficient (Wildman–Crippen LogP) is 1.83. The van der Waals surface area contributed by atoms with Crippen molar-refractivity contribution in [2.24, 2.45) is 4.99 Å². The minimum absolute atomic E-state index is 0. The Bertz CT molecular complexity index is 72.1. The van der Waals surface area contributed by atoms with Crippen molar-refractivity contribution in [1.29, 1.82) is 0 Å². The Balaban J connectivity index is -0.000000245. The number of hydrogen-bond donors (Lipinski definition) is 0. The zero-order chi connectivity index (χ0) is 6.41. The van der Waals surface area contributed by atoms with Crippen LogP contribution in [-0.4, -0.2) is 31.4 Å². The van der Waals surface area contributed by atoms with Gasteiger partial charge in [0.05, 0.1) is 6.34 Å². The van der Waals surface area contributed by atoms with Gasteiger partial charge in [-0.2, -0.15) is 0 Å². The summed E-state index contributed by atoms with van der Waals surface area (Å²) < 4.78 is 0. The maximum Gasteiger partial charge on any atom is 0.0846 e. The fourth-order valence-corrected chi connectivity index (χ4v) is 0.550. The van der Waals surface area contributed by atoms with Crippen molar-refractivity contribution in [1.82, 2.24) is 4.90 Å². The Kier molecular flexibility index (Phi) is 19.5. The maximum absolute atomic E-state index is 3.88. The van der Waals surface area contributed by atoms with Crippen LogP contribution in [0.2, 0.25) is 0 Å². The van der Waals surface area contributed by atoms with Crippen molar-refractivity contribution in [3.05, 3.63) is 0 Å². The van der Waals surface area contributed by atoms with Gasteiger partial charge < -0.3 is 4.90 Å². The number of halogens is 2. The standard InChI is InChI=1S/C6H14N2.2ClH/c1-4-8(5-2)6-7-3;;/h6H,4-5H2,1-3H3;2*1H. The third-order valence-electron chi connectivity index (χ3n) is 1.09. The lowest BCUT2D eigenvalue weighted by molar-refractivity contribution is 0.479. The van der Waals surface area contributed by atoms with E-state index in [2.05, 4.69) is 23.7 Å². The van der Waals surface area contributed by atoms with E-state index in [9.17, 15) is 0 Å². The highest BCUT2D eigenvalue weighted by Crippen LogP contribution is 1.78. The average molecular weight is 187 g/mol. The van der Waals surface area contributed by atoms with Gasteiger partial charge in [0, 0.05) is 20.1 Å². The first-order valence-corrected chi connectivity index (χ1v) is 3.01. The van der Waals surface area contributed by atoms with Crippen LogP contribution in [0.4, 0.5) is 0 Å². The summed E-state index contributed by atoms with van der Waals surface area (Å²) in [6.07, 6.45) is 1.86. The number of hydrogen-bond acceptors (Lipinski definition) is 1. The van der Waals surface area contributed by atoms with Crippen LogP contribution in [0, 0.1) is 0 Å². The molecule has 0 rings (SSSR count). The number of rotatable bonds is 3. The van der Waals surface area contributed by atoms with Crippen LogP contribution in [0.1, 0.15) is 13.8 Å². The van der Waals surface area contributed by atoms with Crippen LogP contribution in [-0.2, 0) is 0 Å². The highest BCUT2D eigenvalue weighted by molar-refractivity contribution is 5.85. The van der Waals surface area contributed by atoms with Gasteiger partial charge in [0.25, 0.3) is 0 Å². The summed E-state index contributed by atoms with van der Waals surface area (Å²) in [5, 5.41) is 0. The fourth-order valence-electron chi connectivity index (χ4n) is 0.550. The molecule has 0 radical (unpaired) electrons. The Hall–Kier alpha value is 0.0500. The molecule has 0 amide bonds. The third kappa shape index (κ3) is 8.05. The van der Waals surface area contributed by atoms with E-state index in [-0.39, 0.29) is 24.8 Å².